The van der Waals surface area contributed by atoms with Crippen LogP contribution in [0, 0.1) is 5.92 Å². The average molecular weight is 344 g/mol. The molecule has 0 saturated carbocycles. The summed E-state index contributed by atoms with van der Waals surface area (Å²) < 4.78 is 5.07. The molecule has 2 heterocycles. The van der Waals surface area contributed by atoms with Gasteiger partial charge in [-0.3, -0.25) is 9.59 Å². The summed E-state index contributed by atoms with van der Waals surface area (Å²) in [5.41, 5.74) is 0.792. The molecule has 6 nitrogen and oxygen atoms in total. The number of carbonyl (C=O) groups excluding carboxylic acids is 2. The van der Waals surface area contributed by atoms with Gasteiger partial charge < -0.3 is 14.5 Å². The molecule has 1 atom stereocenters. The van der Waals surface area contributed by atoms with Crippen LogP contribution in [0.2, 0.25) is 0 Å². The maximum absolute atomic E-state index is 12.9. The third-order valence-electron chi connectivity index (χ3n) is 4.82. The number of amides is 1. The Labute approximate surface area is 147 Å². The molecule has 1 fully saturated rings. The Morgan fingerprint density at radius 2 is 1.96 bits per heavy atom. The molecule has 0 aromatic heterocycles. The van der Waals surface area contributed by atoms with Gasteiger partial charge in [0.25, 0.3) is 5.91 Å². The number of piperidine rings is 1. The summed E-state index contributed by atoms with van der Waals surface area (Å²) in [5.74, 6) is -0.338. The molecule has 0 unspecified atom stereocenters. The molecular formula is C19H24N2O4. The Kier molecular flexibility index (Phi) is 5.06. The fraction of sp³-hybridized carbons (Fsp3) is 0.526. The van der Waals surface area contributed by atoms with Gasteiger partial charge in [0.15, 0.2) is 0 Å². The van der Waals surface area contributed by atoms with E-state index in [-0.39, 0.29) is 17.8 Å². The smallest absolute Gasteiger partial charge is 0.309 e. The fourth-order valence-electron chi connectivity index (χ4n) is 3.35. The van der Waals surface area contributed by atoms with Crippen molar-refractivity contribution >= 4 is 17.6 Å². The van der Waals surface area contributed by atoms with E-state index in [0.717, 1.165) is 11.3 Å². The minimum absolute atomic E-state index is 0.0653. The normalized spacial score (nSPS) is 23.8. The van der Waals surface area contributed by atoms with Crippen LogP contribution in [0.4, 0.5) is 0 Å². The maximum atomic E-state index is 12.9. The van der Waals surface area contributed by atoms with E-state index in [4.69, 9.17) is 9.57 Å². The monoisotopic (exact) mass is 344 g/mol. The van der Waals surface area contributed by atoms with Gasteiger partial charge in [0.2, 0.25) is 5.60 Å². The Morgan fingerprint density at radius 1 is 1.28 bits per heavy atom. The summed E-state index contributed by atoms with van der Waals surface area (Å²) >= 11 is 0. The molecule has 1 saturated heterocycles. The third-order valence-corrected chi connectivity index (χ3v) is 4.82. The van der Waals surface area contributed by atoms with Crippen molar-refractivity contribution in [2.45, 2.75) is 38.7 Å². The van der Waals surface area contributed by atoms with Crippen LogP contribution in [0.5, 0.6) is 0 Å². The van der Waals surface area contributed by atoms with Crippen LogP contribution in [0.1, 0.15) is 38.7 Å². The lowest BCUT2D eigenvalue weighted by atomic mass is 9.92. The second-order valence-corrected chi connectivity index (χ2v) is 6.72. The SMILES string of the molecule is CCOC(=O)C1CCN(C(=O)[C@@]2(C)CC(c3ccccc3)=NO2)CC1. The molecule has 1 amide bonds. The zero-order valence-electron chi connectivity index (χ0n) is 14.7. The molecule has 3 rings (SSSR count). The van der Waals surface area contributed by atoms with Crippen molar-refractivity contribution in [1.82, 2.24) is 4.90 Å². The second-order valence-electron chi connectivity index (χ2n) is 6.72. The standard InChI is InChI=1S/C19H24N2O4/c1-3-24-17(22)15-9-11-21(12-10-15)18(23)19(2)13-16(20-25-19)14-7-5-4-6-8-14/h4-8,15H,3,9-13H2,1-2H3/t19-/m1/s1. The number of hydrogen-bond acceptors (Lipinski definition) is 5. The van der Waals surface area contributed by atoms with E-state index in [9.17, 15) is 9.59 Å². The number of oxime groups is 1. The number of rotatable bonds is 4. The number of ether oxygens (including phenoxy) is 1. The van der Waals surface area contributed by atoms with Gasteiger partial charge in [0, 0.05) is 19.5 Å². The minimum Gasteiger partial charge on any atom is -0.466 e. The highest BCUT2D eigenvalue weighted by molar-refractivity contribution is 6.05. The highest BCUT2D eigenvalue weighted by Gasteiger charge is 2.45. The highest BCUT2D eigenvalue weighted by atomic mass is 16.7. The summed E-state index contributed by atoms with van der Waals surface area (Å²) in [6.07, 6.45) is 1.72. The van der Waals surface area contributed by atoms with E-state index < -0.39 is 5.60 Å². The summed E-state index contributed by atoms with van der Waals surface area (Å²) in [7, 11) is 0. The first-order valence-electron chi connectivity index (χ1n) is 8.80. The van der Waals surface area contributed by atoms with Gasteiger partial charge in [-0.25, -0.2) is 0 Å². The van der Waals surface area contributed by atoms with E-state index in [0.29, 0.717) is 39.0 Å². The van der Waals surface area contributed by atoms with Crippen molar-refractivity contribution in [2.75, 3.05) is 19.7 Å². The van der Waals surface area contributed by atoms with Gasteiger partial charge in [-0.1, -0.05) is 35.5 Å². The lowest BCUT2D eigenvalue weighted by Gasteiger charge is -2.34. The molecular weight excluding hydrogens is 320 g/mol. The largest absolute Gasteiger partial charge is 0.466 e. The van der Waals surface area contributed by atoms with Crippen LogP contribution < -0.4 is 0 Å². The van der Waals surface area contributed by atoms with Gasteiger partial charge in [-0.15, -0.1) is 0 Å². The van der Waals surface area contributed by atoms with Crippen LogP contribution in [0.25, 0.3) is 0 Å². The van der Waals surface area contributed by atoms with Gasteiger partial charge in [-0.05, 0) is 32.3 Å². The second kappa shape index (κ2) is 7.25. The summed E-state index contributed by atoms with van der Waals surface area (Å²) in [5, 5.41) is 4.14. The van der Waals surface area contributed by atoms with Gasteiger partial charge >= 0.3 is 5.97 Å². The van der Waals surface area contributed by atoms with Crippen LogP contribution >= 0.6 is 0 Å². The molecule has 134 valence electrons. The van der Waals surface area contributed by atoms with Crippen molar-refractivity contribution in [3.63, 3.8) is 0 Å². The van der Waals surface area contributed by atoms with E-state index in [1.807, 2.05) is 30.3 Å². The fourth-order valence-corrected chi connectivity index (χ4v) is 3.35. The zero-order chi connectivity index (χ0) is 17.9. The predicted molar refractivity (Wildman–Crippen MR) is 93.0 cm³/mol. The number of nitrogens with zero attached hydrogens (tertiary/aromatic N) is 2. The quantitative estimate of drug-likeness (QED) is 0.787. The van der Waals surface area contributed by atoms with E-state index in [1.165, 1.54) is 0 Å². The van der Waals surface area contributed by atoms with E-state index in [1.54, 1.807) is 18.7 Å². The number of hydrogen-bond donors (Lipinski definition) is 0. The zero-order valence-corrected chi connectivity index (χ0v) is 14.7. The molecule has 0 aliphatic carbocycles. The maximum Gasteiger partial charge on any atom is 0.309 e. The summed E-state index contributed by atoms with van der Waals surface area (Å²) in [6, 6.07) is 9.75. The van der Waals surface area contributed by atoms with Crippen molar-refractivity contribution in [3.8, 4) is 0 Å². The number of carbonyl (C=O) groups is 2. The first kappa shape index (κ1) is 17.5. The third kappa shape index (κ3) is 3.67. The van der Waals surface area contributed by atoms with Crippen LogP contribution in [-0.2, 0) is 19.2 Å². The Morgan fingerprint density at radius 3 is 2.60 bits per heavy atom. The number of likely N-dealkylation sites (tertiary alicyclic amines) is 1. The molecule has 2 aliphatic heterocycles. The molecule has 1 aromatic carbocycles. The molecule has 1 aromatic rings. The lowest BCUT2D eigenvalue weighted by molar-refractivity contribution is -0.158. The molecule has 2 aliphatic rings. The van der Waals surface area contributed by atoms with Gasteiger partial charge in [0.1, 0.15) is 0 Å². The van der Waals surface area contributed by atoms with E-state index in [2.05, 4.69) is 5.16 Å². The Bertz CT molecular complexity index is 665. The van der Waals surface area contributed by atoms with Crippen LogP contribution in [0.3, 0.4) is 0 Å². The Balaban J connectivity index is 1.58. The molecule has 0 radical (unpaired) electrons. The summed E-state index contributed by atoms with van der Waals surface area (Å²) in [4.78, 5) is 32.1. The lowest BCUT2D eigenvalue weighted by Crippen LogP contribution is -2.50. The number of esters is 1. The summed E-state index contributed by atoms with van der Waals surface area (Å²) in [6.45, 7) is 5.07. The van der Waals surface area contributed by atoms with E-state index >= 15 is 0 Å². The molecule has 6 heteroatoms. The number of benzene rings is 1. The topological polar surface area (TPSA) is 68.2 Å². The molecule has 0 bridgehead atoms. The van der Waals surface area contributed by atoms with Crippen molar-refractivity contribution in [3.05, 3.63) is 35.9 Å². The highest BCUT2D eigenvalue weighted by Crippen LogP contribution is 2.30. The predicted octanol–water partition coefficient (Wildman–Crippen LogP) is 2.37. The van der Waals surface area contributed by atoms with Gasteiger partial charge in [-0.2, -0.15) is 0 Å². The van der Waals surface area contributed by atoms with Crippen LogP contribution in [-0.4, -0.2) is 47.8 Å². The Hall–Kier alpha value is -2.37. The van der Waals surface area contributed by atoms with Crippen LogP contribution in [0.15, 0.2) is 35.5 Å². The van der Waals surface area contributed by atoms with Crippen molar-refractivity contribution in [2.24, 2.45) is 11.1 Å². The van der Waals surface area contributed by atoms with Gasteiger partial charge in [0.05, 0.1) is 18.2 Å². The van der Waals surface area contributed by atoms with Crippen molar-refractivity contribution in [1.29, 1.82) is 0 Å². The first-order chi connectivity index (χ1) is 12.0. The molecule has 0 spiro atoms. The first-order valence-corrected chi connectivity index (χ1v) is 8.80. The average Bonchev–Trinajstić information content (AvgIpc) is 3.06. The van der Waals surface area contributed by atoms with Crippen molar-refractivity contribution < 1.29 is 19.2 Å². The molecule has 0 N–H and O–H groups in total. The molecule has 25 heavy (non-hydrogen) atoms. The minimum atomic E-state index is -0.970.